The van der Waals surface area contributed by atoms with Gasteiger partial charge in [-0.15, -0.1) is 0 Å². The number of benzene rings is 1. The summed E-state index contributed by atoms with van der Waals surface area (Å²) < 4.78 is 29.2. The molecule has 12 heteroatoms. The molecule has 0 radical (unpaired) electrons. The highest BCUT2D eigenvalue weighted by atomic mass is 32.2. The van der Waals surface area contributed by atoms with Crippen molar-refractivity contribution in [2.75, 3.05) is 32.6 Å². The van der Waals surface area contributed by atoms with E-state index in [2.05, 4.69) is 20.9 Å². The van der Waals surface area contributed by atoms with Crippen molar-refractivity contribution in [3.05, 3.63) is 35.9 Å². The fourth-order valence-electron chi connectivity index (χ4n) is 6.58. The van der Waals surface area contributed by atoms with E-state index in [4.69, 9.17) is 4.74 Å². The molecule has 1 aromatic carbocycles. The van der Waals surface area contributed by atoms with Crippen LogP contribution >= 0.6 is 0 Å². The Morgan fingerprint density at radius 2 is 1.65 bits per heavy atom. The second-order valence-electron chi connectivity index (χ2n) is 14.6. The molecule has 11 nitrogen and oxygen atoms in total. The molecule has 1 aromatic rings. The molecule has 0 bridgehead atoms. The van der Waals surface area contributed by atoms with Crippen molar-refractivity contribution in [3.63, 3.8) is 0 Å². The zero-order valence-corrected chi connectivity index (χ0v) is 29.5. The largest absolute Gasteiger partial charge is 0.390 e. The molecule has 1 heterocycles. The lowest BCUT2D eigenvalue weighted by Crippen LogP contribution is -2.64. The molecule has 3 amide bonds. The zero-order valence-electron chi connectivity index (χ0n) is 28.7. The fourth-order valence-corrected chi connectivity index (χ4v) is 7.17. The maximum absolute atomic E-state index is 13.9. The molecule has 2 fully saturated rings. The van der Waals surface area contributed by atoms with E-state index in [1.807, 2.05) is 51.1 Å². The number of β-amino-alcohol motifs (C(OH)–C–C–N with tert-alkyl or cyclic N) is 1. The van der Waals surface area contributed by atoms with Crippen LogP contribution in [0.3, 0.4) is 0 Å². The van der Waals surface area contributed by atoms with Crippen LogP contribution < -0.4 is 16.0 Å². The average Bonchev–Trinajstić information content (AvgIpc) is 2.97. The number of likely N-dealkylation sites (tertiary alicyclic amines) is 1. The highest BCUT2D eigenvalue weighted by molar-refractivity contribution is 7.92. The lowest BCUT2D eigenvalue weighted by atomic mass is 9.72. The molecule has 1 saturated heterocycles. The number of sulfone groups is 1. The fraction of sp³-hybridized carbons (Fsp3) is 0.735. The van der Waals surface area contributed by atoms with Gasteiger partial charge in [0.2, 0.25) is 17.7 Å². The molecule has 46 heavy (non-hydrogen) atoms. The van der Waals surface area contributed by atoms with Gasteiger partial charge in [0, 0.05) is 31.5 Å². The molecular weight excluding hydrogens is 608 g/mol. The number of amides is 3. The third-order valence-corrected chi connectivity index (χ3v) is 11.6. The van der Waals surface area contributed by atoms with Crippen LogP contribution in [-0.4, -0.2) is 103 Å². The normalized spacial score (nSPS) is 23.0. The Kier molecular flexibility index (Phi) is 13.2. The molecule has 0 aromatic heterocycles. The maximum Gasteiger partial charge on any atom is 0.246 e. The van der Waals surface area contributed by atoms with Gasteiger partial charge in [0.05, 0.1) is 22.9 Å². The molecule has 6 unspecified atom stereocenters. The Balaban J connectivity index is 1.91. The van der Waals surface area contributed by atoms with Gasteiger partial charge in [0.15, 0.2) is 9.84 Å². The van der Waals surface area contributed by atoms with Crippen LogP contribution in [0.2, 0.25) is 0 Å². The standard InChI is InChI=1S/C34H56N4O7S/c1-8-45-22-29(40)36-30(34(5,6)46(7,43)44)32(42)35-26(18-23-14-10-9-11-15-23)28(39)21-38-20-25-17-13-12-16-24(25)19-27(38)31(41)37-33(2,3)4/h9-11,14-15,24-28,30,39H,8,12-13,16-22H2,1-7H3,(H,35,42)(H,36,40)(H,37,41). The van der Waals surface area contributed by atoms with Gasteiger partial charge in [-0.2, -0.15) is 0 Å². The number of hydrogen-bond acceptors (Lipinski definition) is 8. The molecule has 6 atom stereocenters. The van der Waals surface area contributed by atoms with Gasteiger partial charge >= 0.3 is 0 Å². The molecule has 0 spiro atoms. The Bertz CT molecular complexity index is 1280. The van der Waals surface area contributed by atoms with Crippen LogP contribution in [0.25, 0.3) is 0 Å². The molecule has 1 saturated carbocycles. The first-order valence-corrected chi connectivity index (χ1v) is 18.5. The van der Waals surface area contributed by atoms with Gasteiger partial charge in [-0.1, -0.05) is 49.6 Å². The van der Waals surface area contributed by atoms with E-state index in [1.165, 1.54) is 13.8 Å². The first-order valence-electron chi connectivity index (χ1n) is 16.6. The van der Waals surface area contributed by atoms with Crippen LogP contribution in [0.4, 0.5) is 0 Å². The van der Waals surface area contributed by atoms with Crippen LogP contribution in [0.5, 0.6) is 0 Å². The molecular formula is C34H56N4O7S. The second-order valence-corrected chi connectivity index (χ2v) is 17.2. The smallest absolute Gasteiger partial charge is 0.246 e. The van der Waals surface area contributed by atoms with Gasteiger partial charge in [0.25, 0.3) is 0 Å². The summed E-state index contributed by atoms with van der Waals surface area (Å²) in [5.41, 5.74) is 0.446. The summed E-state index contributed by atoms with van der Waals surface area (Å²) >= 11 is 0. The van der Waals surface area contributed by atoms with Crippen molar-refractivity contribution in [2.45, 2.75) is 115 Å². The Labute approximate surface area is 275 Å². The number of hydrogen-bond donors (Lipinski definition) is 4. The first kappa shape index (κ1) is 37.9. The van der Waals surface area contributed by atoms with Gasteiger partial charge in [-0.25, -0.2) is 8.42 Å². The Morgan fingerprint density at radius 1 is 1.02 bits per heavy atom. The number of piperidine rings is 1. The summed E-state index contributed by atoms with van der Waals surface area (Å²) in [6, 6.07) is 6.67. The SMILES string of the molecule is CCOCC(=O)NC(C(=O)NC(Cc1ccccc1)C(O)CN1CC2CCCCC2CC1C(=O)NC(C)(C)C)C(C)(C)S(C)(=O)=O. The highest BCUT2D eigenvalue weighted by Gasteiger charge is 2.46. The van der Waals surface area contributed by atoms with Gasteiger partial charge in [-0.05, 0) is 78.2 Å². The molecule has 3 rings (SSSR count). The van der Waals surface area contributed by atoms with Crippen molar-refractivity contribution in [2.24, 2.45) is 11.8 Å². The van der Waals surface area contributed by atoms with Crippen LogP contribution in [0.1, 0.15) is 79.2 Å². The summed E-state index contributed by atoms with van der Waals surface area (Å²) in [7, 11) is -3.83. The molecule has 1 aliphatic heterocycles. The van der Waals surface area contributed by atoms with Crippen molar-refractivity contribution in [1.29, 1.82) is 0 Å². The van der Waals surface area contributed by atoms with Crippen molar-refractivity contribution < 1.29 is 32.6 Å². The minimum Gasteiger partial charge on any atom is -0.390 e. The molecule has 4 N–H and O–H groups in total. The molecule has 1 aliphatic carbocycles. The van der Waals surface area contributed by atoms with E-state index in [9.17, 15) is 27.9 Å². The third kappa shape index (κ3) is 10.5. The van der Waals surface area contributed by atoms with Crippen molar-refractivity contribution in [1.82, 2.24) is 20.9 Å². The average molecular weight is 665 g/mol. The lowest BCUT2D eigenvalue weighted by Gasteiger charge is -2.47. The van der Waals surface area contributed by atoms with E-state index < -0.39 is 56.2 Å². The van der Waals surface area contributed by atoms with Crippen molar-refractivity contribution >= 4 is 27.6 Å². The van der Waals surface area contributed by atoms with E-state index in [-0.39, 0.29) is 32.1 Å². The molecule has 2 aliphatic rings. The number of nitrogens with one attached hydrogen (secondary N) is 3. The number of carbonyl (C=O) groups is 3. The van der Waals surface area contributed by atoms with Gasteiger partial charge < -0.3 is 25.8 Å². The first-order chi connectivity index (χ1) is 21.4. The summed E-state index contributed by atoms with van der Waals surface area (Å²) in [5, 5.41) is 20.4. The second kappa shape index (κ2) is 16.0. The van der Waals surface area contributed by atoms with Gasteiger partial charge in [0.1, 0.15) is 12.6 Å². The number of aliphatic hydroxyl groups excluding tert-OH is 1. The number of rotatable bonds is 14. The monoisotopic (exact) mass is 664 g/mol. The zero-order chi connectivity index (χ0) is 34.3. The number of aliphatic hydroxyl groups is 1. The van der Waals surface area contributed by atoms with E-state index in [0.717, 1.165) is 37.5 Å². The molecule has 260 valence electrons. The number of ether oxygens (including phenoxy) is 1. The summed E-state index contributed by atoms with van der Waals surface area (Å²) in [5.74, 6) is -0.534. The predicted molar refractivity (Wildman–Crippen MR) is 179 cm³/mol. The van der Waals surface area contributed by atoms with E-state index in [0.29, 0.717) is 24.8 Å². The summed E-state index contributed by atoms with van der Waals surface area (Å²) in [6.45, 7) is 11.1. The topological polar surface area (TPSA) is 154 Å². The number of carbonyl (C=O) groups excluding carboxylic acids is 3. The van der Waals surface area contributed by atoms with Crippen molar-refractivity contribution in [3.8, 4) is 0 Å². The van der Waals surface area contributed by atoms with E-state index in [1.54, 1.807) is 6.92 Å². The summed E-state index contributed by atoms with van der Waals surface area (Å²) in [6.07, 6.45) is 5.38. The summed E-state index contributed by atoms with van der Waals surface area (Å²) in [4.78, 5) is 42.3. The van der Waals surface area contributed by atoms with E-state index >= 15 is 0 Å². The number of fused-ring (bicyclic) bond motifs is 1. The third-order valence-electron chi connectivity index (χ3n) is 9.47. The predicted octanol–water partition coefficient (Wildman–Crippen LogP) is 2.21. The Morgan fingerprint density at radius 3 is 2.24 bits per heavy atom. The number of nitrogens with zero attached hydrogens (tertiary/aromatic N) is 1. The highest BCUT2D eigenvalue weighted by Crippen LogP contribution is 2.39. The Hall–Kier alpha value is -2.54. The van der Waals surface area contributed by atoms with Gasteiger partial charge in [-0.3, -0.25) is 19.3 Å². The van der Waals surface area contributed by atoms with Crippen LogP contribution in [0, 0.1) is 11.8 Å². The van der Waals surface area contributed by atoms with Crippen LogP contribution in [-0.2, 0) is 35.4 Å². The minimum absolute atomic E-state index is 0.0701. The minimum atomic E-state index is -3.83. The maximum atomic E-state index is 13.9. The quantitative estimate of drug-likeness (QED) is 0.236. The lowest BCUT2D eigenvalue weighted by molar-refractivity contribution is -0.134. The van der Waals surface area contributed by atoms with Crippen LogP contribution in [0.15, 0.2) is 30.3 Å².